The van der Waals surface area contributed by atoms with Gasteiger partial charge in [0, 0.05) is 6.42 Å². The van der Waals surface area contributed by atoms with E-state index in [0.717, 1.165) is 62.9 Å². The molecule has 0 saturated heterocycles. The fourth-order valence-electron chi connectivity index (χ4n) is 15.5. The number of hydrogen-bond donors (Lipinski definition) is 4. The predicted molar refractivity (Wildman–Crippen MR) is 389 cm³/mol. The Kier molecular flexibility index (Phi) is 21.9. The molecule has 0 spiro atoms. The molecule has 0 amide bonds. The zero-order chi connectivity index (χ0) is 71.8. The van der Waals surface area contributed by atoms with Gasteiger partial charge in [0.25, 0.3) is 0 Å². The van der Waals surface area contributed by atoms with Gasteiger partial charge in [0.1, 0.15) is 6.29 Å². The minimum absolute atomic E-state index is 0.0370. The number of hydrogen-bond acceptors (Lipinski definition) is 17. The Morgan fingerprint density at radius 2 is 0.860 bits per heavy atom. The number of unbranched alkanes of at least 4 members (excludes halogenated alkanes) is 1. The van der Waals surface area contributed by atoms with E-state index in [4.69, 9.17) is 37.7 Å². The van der Waals surface area contributed by atoms with Crippen LogP contribution in [0.25, 0.3) is 21.5 Å². The number of benzene rings is 4. The van der Waals surface area contributed by atoms with Crippen molar-refractivity contribution < 1.29 is 92.2 Å². The molecule has 6 aromatic rings. The SMILES string of the molecule is [CH2-][N+]1=C2N=c3c4ccccc4c4n3[Si-]3(O[Si](C)(C)CCC[N+](CCCS(=O)(=O)O)(CCCS(=O)(=O)O)CCCS(=O)(=O)O)(O[Si](C)(C)CCC[N+](CCCC)(CCCS(=O)(=O)O)CCOCCOCCC=O)n5c(c6ccccc6c5N=C5c6ccccc6C(=[N+]53)N=4)N=C1c1ccccc12. The Balaban J connectivity index is 1.15. The second kappa shape index (κ2) is 29.2. The Morgan fingerprint density at radius 3 is 1.32 bits per heavy atom. The van der Waals surface area contributed by atoms with Crippen molar-refractivity contribution in [1.29, 1.82) is 0 Å². The standard InChI is InChI=1S/C66H90N10O17S4Si3/c1-7-8-32-76(36-20-48-97(87,88)89,39-42-91-44-43-90-41-23-40-77)38-22-50-99(5,6)93-100(92-98(3,4)49-21-37-75(33-17-45-94(78,79)80,34-18-46-95(81,82)83)35-19-47-96(84,85)86)72-61-53-26-11-13-28-55(53)63(72)69-65-57-30-15-16-31-58(57)66(74(65)100)70-64-56-29-14-12-27-54(56)62(73(64)100)68-60-52-25-10-9-24-51(52)59(67-61)71(60)2/h9-16,24-31,40H,2,7-8,17-23,32-39,41-50H2,1,3-6H3,(H2-2,78,79,80,81,82,83,84,85,86,87,88,89)/p+2. The molecule has 11 rings (SSSR count). The summed E-state index contributed by atoms with van der Waals surface area (Å²) in [5, 5.41) is 2.94. The zero-order valence-electron chi connectivity index (χ0n) is 57.3. The number of aldehydes is 1. The molecule has 4 aromatic carbocycles. The first kappa shape index (κ1) is 75.0. The molecule has 5 aliphatic rings. The molecule has 0 aliphatic carbocycles. The Morgan fingerprint density at radius 1 is 0.480 bits per heavy atom. The predicted octanol–water partition coefficient (Wildman–Crippen LogP) is 7.04. The van der Waals surface area contributed by atoms with Crippen LogP contribution in [0.4, 0.5) is 11.6 Å². The van der Waals surface area contributed by atoms with E-state index < -0.39 is 88.4 Å². The van der Waals surface area contributed by atoms with Crippen molar-refractivity contribution in [3.8, 4) is 0 Å². The van der Waals surface area contributed by atoms with Crippen molar-refractivity contribution >= 4 is 128 Å². The number of rotatable bonds is 40. The summed E-state index contributed by atoms with van der Waals surface area (Å²) in [7, 11) is -26.4. The summed E-state index contributed by atoms with van der Waals surface area (Å²) in [6, 6.07) is 32.6. The van der Waals surface area contributed by atoms with Gasteiger partial charge in [-0.2, -0.15) is 0 Å². The van der Waals surface area contributed by atoms with Gasteiger partial charge in [-0.25, -0.2) is 0 Å². The summed E-state index contributed by atoms with van der Waals surface area (Å²) in [5.41, 5.74) is 4.04. The zero-order valence-corrected chi connectivity index (χ0v) is 63.6. The molecule has 2 bridgehead atoms. The fraction of sp³-hybridized carbons (Fsp3) is 0.485. The van der Waals surface area contributed by atoms with Crippen molar-refractivity contribution in [2.45, 2.75) is 103 Å². The van der Waals surface area contributed by atoms with E-state index >= 15 is 0 Å². The first-order valence-corrected chi connectivity index (χ1v) is 49.0. The van der Waals surface area contributed by atoms with Crippen LogP contribution in [0.15, 0.2) is 117 Å². The van der Waals surface area contributed by atoms with Gasteiger partial charge in [0.15, 0.2) is 0 Å². The van der Waals surface area contributed by atoms with Crippen LogP contribution in [0, 0.1) is 7.05 Å². The number of carbonyl (C=O) groups is 1. The van der Waals surface area contributed by atoms with Crippen LogP contribution in [0.2, 0.25) is 38.3 Å². The summed E-state index contributed by atoms with van der Waals surface area (Å²) in [5.74, 6) is 0.677. The second-order valence-corrected chi connectivity index (χ2v) is 47.2. The van der Waals surface area contributed by atoms with Gasteiger partial charge in [0.2, 0.25) is 0 Å². The number of aliphatic imine (C=N–C) groups is 2. The molecule has 7 heterocycles. The monoisotopic (exact) mass is 1510 g/mol. The van der Waals surface area contributed by atoms with Crippen LogP contribution in [0.1, 0.15) is 87.0 Å². The molecule has 0 radical (unpaired) electrons. The average Bonchev–Trinajstić information content (AvgIpc) is 1.41. The van der Waals surface area contributed by atoms with E-state index in [1.807, 2.05) is 97.1 Å². The van der Waals surface area contributed by atoms with Crippen LogP contribution in [-0.4, -0.2) is 235 Å². The van der Waals surface area contributed by atoms with Gasteiger partial charge in [0.05, 0.1) is 6.61 Å². The van der Waals surface area contributed by atoms with E-state index in [0.29, 0.717) is 108 Å². The van der Waals surface area contributed by atoms with Crippen molar-refractivity contribution in [3.63, 3.8) is 0 Å². The molecule has 0 saturated carbocycles. The number of fused-ring (bicyclic) bond motifs is 13. The normalized spacial score (nSPS) is 17.2. The van der Waals surface area contributed by atoms with Gasteiger partial charge < -0.3 is 4.79 Å². The topological polar surface area (TPSA) is 337 Å². The van der Waals surface area contributed by atoms with E-state index in [2.05, 4.69) is 52.9 Å². The van der Waals surface area contributed by atoms with Crippen molar-refractivity contribution in [3.05, 3.63) is 137 Å². The van der Waals surface area contributed by atoms with Gasteiger partial charge >= 0.3 is 567 Å². The molecule has 542 valence electrons. The van der Waals surface area contributed by atoms with E-state index in [1.54, 1.807) is 4.58 Å². The van der Waals surface area contributed by atoms with Crippen molar-refractivity contribution in [1.82, 2.24) is 8.47 Å². The Bertz CT molecular complexity index is 4840. The maximum atomic E-state index is 12.4. The van der Waals surface area contributed by atoms with Crippen LogP contribution in [-0.2, 0) is 63.0 Å². The van der Waals surface area contributed by atoms with Crippen LogP contribution < -0.4 is 11.0 Å². The third kappa shape index (κ3) is 15.7. The van der Waals surface area contributed by atoms with Gasteiger partial charge in [-0.05, 0) is 0 Å². The molecular formula is C66H92N10O17S4Si3+2. The summed E-state index contributed by atoms with van der Waals surface area (Å²) >= 11 is 0. The van der Waals surface area contributed by atoms with Crippen LogP contribution in [0.5, 0.6) is 0 Å². The number of carbonyl (C=O) groups excluding carboxylic acids is 1. The Hall–Kier alpha value is -6.17. The molecule has 100 heavy (non-hydrogen) atoms. The van der Waals surface area contributed by atoms with Crippen molar-refractivity contribution in [2.75, 3.05) is 102 Å². The summed E-state index contributed by atoms with van der Waals surface area (Å²) in [4.78, 5) is 34.3. The average molecular weight is 1510 g/mol. The van der Waals surface area contributed by atoms with Crippen LogP contribution >= 0.6 is 0 Å². The summed E-state index contributed by atoms with van der Waals surface area (Å²) < 4.78 is 178. The van der Waals surface area contributed by atoms with Gasteiger partial charge in [-0.1, -0.05) is 0 Å². The maximum absolute atomic E-state index is 12.4. The molecule has 27 nitrogen and oxygen atoms in total. The summed E-state index contributed by atoms with van der Waals surface area (Å²) in [6.07, 6.45) is 3.58. The Labute approximate surface area is 587 Å². The molecular weight excluding hydrogens is 1420 g/mol. The molecule has 0 fully saturated rings. The van der Waals surface area contributed by atoms with Crippen LogP contribution in [0.3, 0.4) is 0 Å². The molecule has 2 aromatic heterocycles. The van der Waals surface area contributed by atoms with Gasteiger partial charge in [-0.15, -0.1) is 0 Å². The third-order valence-corrected chi connectivity index (χ3v) is 36.9. The number of amidine groups is 4. The minimum atomic E-state index is -6.21. The number of quaternary nitrogens is 2. The van der Waals surface area contributed by atoms with E-state index in [9.17, 15) is 56.7 Å². The third-order valence-electron chi connectivity index (χ3n) is 19.7. The number of ether oxygens (including phenoxy) is 2. The first-order chi connectivity index (χ1) is 47.3. The van der Waals surface area contributed by atoms with Crippen molar-refractivity contribution in [2.24, 2.45) is 20.0 Å². The second-order valence-electron chi connectivity index (χ2n) is 28.1. The quantitative estimate of drug-likeness (QED) is 0.00569. The number of aromatic nitrogens is 2. The van der Waals surface area contributed by atoms with E-state index in [1.165, 1.54) is 0 Å². The first-order valence-electron chi connectivity index (χ1n) is 34.2. The fourth-order valence-corrected chi connectivity index (χ4v) is 34.6. The van der Waals surface area contributed by atoms with Gasteiger partial charge in [-0.3, -0.25) is 0 Å². The molecule has 4 N–H and O–H groups in total. The molecule has 5 aliphatic heterocycles. The number of nitrogens with zero attached hydrogens (tertiary/aromatic N) is 10. The molecule has 34 heteroatoms. The van der Waals surface area contributed by atoms with E-state index in [-0.39, 0.29) is 82.6 Å². The molecule has 1 atom stereocenters. The molecule has 1 unspecified atom stereocenters. The summed E-state index contributed by atoms with van der Waals surface area (Å²) in [6.45, 7) is 14.5.